The van der Waals surface area contributed by atoms with Crippen LogP contribution < -0.4 is 0 Å². The van der Waals surface area contributed by atoms with Crippen molar-refractivity contribution < 1.29 is 9.59 Å². The SMILES string of the molecule is N#CC1(C(=O)N2CCCn3cnc(CN4CCCC4=O)c3C2)CC1. The van der Waals surface area contributed by atoms with Crippen LogP contribution in [0.25, 0.3) is 0 Å². The molecule has 0 N–H and O–H groups in total. The fraction of sp³-hybridized carbons (Fsp3) is 0.647. The fourth-order valence-electron chi connectivity index (χ4n) is 3.67. The van der Waals surface area contributed by atoms with Gasteiger partial charge in [0, 0.05) is 26.1 Å². The molecule has 1 saturated heterocycles. The van der Waals surface area contributed by atoms with Crippen LogP contribution in [-0.2, 0) is 29.2 Å². The van der Waals surface area contributed by atoms with Crippen molar-refractivity contribution in [3.63, 3.8) is 0 Å². The van der Waals surface area contributed by atoms with E-state index in [-0.39, 0.29) is 11.8 Å². The van der Waals surface area contributed by atoms with Crippen LogP contribution in [0, 0.1) is 16.7 Å². The van der Waals surface area contributed by atoms with E-state index in [4.69, 9.17) is 0 Å². The summed E-state index contributed by atoms with van der Waals surface area (Å²) in [6.07, 6.45) is 5.55. The maximum absolute atomic E-state index is 12.7. The summed E-state index contributed by atoms with van der Waals surface area (Å²) in [5.74, 6) is 0.141. The Bertz CT molecular complexity index is 728. The Morgan fingerprint density at radius 3 is 2.79 bits per heavy atom. The van der Waals surface area contributed by atoms with Crippen LogP contribution in [0.15, 0.2) is 6.33 Å². The number of fused-ring (bicyclic) bond motifs is 1. The number of amides is 2. The molecule has 4 rings (SSSR count). The van der Waals surface area contributed by atoms with Crippen molar-refractivity contribution in [1.82, 2.24) is 19.4 Å². The minimum atomic E-state index is -0.778. The van der Waals surface area contributed by atoms with Crippen molar-refractivity contribution in [2.24, 2.45) is 5.41 Å². The topological polar surface area (TPSA) is 82.2 Å². The van der Waals surface area contributed by atoms with Gasteiger partial charge in [-0.25, -0.2) is 4.98 Å². The lowest BCUT2D eigenvalue weighted by Crippen LogP contribution is -2.37. The maximum atomic E-state index is 12.7. The van der Waals surface area contributed by atoms with Crippen LogP contribution in [0.4, 0.5) is 0 Å². The molecule has 3 heterocycles. The van der Waals surface area contributed by atoms with E-state index in [0.717, 1.165) is 37.3 Å². The summed E-state index contributed by atoms with van der Waals surface area (Å²) in [5.41, 5.74) is 1.11. The molecule has 1 aromatic rings. The molecule has 0 radical (unpaired) electrons. The van der Waals surface area contributed by atoms with Crippen molar-refractivity contribution in [2.45, 2.75) is 51.7 Å². The first kappa shape index (κ1) is 15.2. The molecule has 7 nitrogen and oxygen atoms in total. The van der Waals surface area contributed by atoms with Crippen LogP contribution in [0.3, 0.4) is 0 Å². The zero-order chi connectivity index (χ0) is 16.7. The molecule has 1 aromatic heterocycles. The minimum absolute atomic E-state index is 0.0390. The van der Waals surface area contributed by atoms with Gasteiger partial charge in [0.25, 0.3) is 0 Å². The van der Waals surface area contributed by atoms with Gasteiger partial charge in [0.1, 0.15) is 5.41 Å². The first-order valence-corrected chi connectivity index (χ1v) is 8.64. The second-order valence-electron chi connectivity index (χ2n) is 7.02. The minimum Gasteiger partial charge on any atom is -0.337 e. The number of aryl methyl sites for hydroxylation is 1. The Balaban J connectivity index is 1.55. The van der Waals surface area contributed by atoms with Gasteiger partial charge in [-0.3, -0.25) is 9.59 Å². The fourth-order valence-corrected chi connectivity index (χ4v) is 3.67. The van der Waals surface area contributed by atoms with E-state index < -0.39 is 5.41 Å². The Labute approximate surface area is 140 Å². The highest BCUT2D eigenvalue weighted by Crippen LogP contribution is 2.46. The third kappa shape index (κ3) is 2.46. The summed E-state index contributed by atoms with van der Waals surface area (Å²) in [6.45, 7) is 3.28. The number of imidazole rings is 1. The summed E-state index contributed by atoms with van der Waals surface area (Å²) in [6, 6.07) is 2.20. The lowest BCUT2D eigenvalue weighted by atomic mass is 10.1. The van der Waals surface area contributed by atoms with Gasteiger partial charge in [0.15, 0.2) is 0 Å². The standard InChI is InChI=1S/C17H21N5O2/c18-11-17(4-5-17)16(24)21-7-2-8-22-12-19-13(14(22)10-21)9-20-6-1-3-15(20)23/h12H,1-10H2. The molecule has 3 aliphatic rings. The smallest absolute Gasteiger partial charge is 0.243 e. The molecule has 7 heteroatoms. The number of carbonyl (C=O) groups excluding carboxylic acids is 2. The zero-order valence-corrected chi connectivity index (χ0v) is 13.7. The van der Waals surface area contributed by atoms with Gasteiger partial charge >= 0.3 is 0 Å². The van der Waals surface area contributed by atoms with E-state index in [2.05, 4.69) is 15.6 Å². The van der Waals surface area contributed by atoms with E-state index in [1.54, 1.807) is 0 Å². The van der Waals surface area contributed by atoms with Crippen molar-refractivity contribution in [3.8, 4) is 6.07 Å². The first-order valence-electron chi connectivity index (χ1n) is 8.64. The van der Waals surface area contributed by atoms with Crippen molar-refractivity contribution >= 4 is 11.8 Å². The number of hydrogen-bond donors (Lipinski definition) is 0. The Morgan fingerprint density at radius 2 is 2.12 bits per heavy atom. The monoisotopic (exact) mass is 327 g/mol. The van der Waals surface area contributed by atoms with Gasteiger partial charge in [-0.1, -0.05) is 0 Å². The third-order valence-corrected chi connectivity index (χ3v) is 5.37. The second kappa shape index (κ2) is 5.62. The molecular weight excluding hydrogens is 306 g/mol. The van der Waals surface area contributed by atoms with Crippen molar-refractivity contribution in [1.29, 1.82) is 5.26 Å². The van der Waals surface area contributed by atoms with E-state index >= 15 is 0 Å². The molecule has 1 aliphatic carbocycles. The van der Waals surface area contributed by atoms with Crippen molar-refractivity contribution in [3.05, 3.63) is 17.7 Å². The van der Waals surface area contributed by atoms with Crippen LogP contribution in [-0.4, -0.2) is 44.3 Å². The van der Waals surface area contributed by atoms with Crippen LogP contribution >= 0.6 is 0 Å². The summed E-state index contributed by atoms with van der Waals surface area (Å²) < 4.78 is 2.09. The highest BCUT2D eigenvalue weighted by atomic mass is 16.2. The summed E-state index contributed by atoms with van der Waals surface area (Å²) in [5, 5.41) is 9.30. The number of rotatable bonds is 3. The van der Waals surface area contributed by atoms with Gasteiger partial charge in [0.05, 0.1) is 36.9 Å². The lowest BCUT2D eigenvalue weighted by molar-refractivity contribution is -0.135. The maximum Gasteiger partial charge on any atom is 0.243 e. The molecule has 2 aliphatic heterocycles. The molecule has 126 valence electrons. The molecule has 2 fully saturated rings. The first-order chi connectivity index (χ1) is 11.6. The van der Waals surface area contributed by atoms with Crippen LogP contribution in [0.2, 0.25) is 0 Å². The molecule has 0 bridgehead atoms. The number of nitrogens with zero attached hydrogens (tertiary/aromatic N) is 5. The predicted octanol–water partition coefficient (Wildman–Crippen LogP) is 1.04. The quantitative estimate of drug-likeness (QED) is 0.830. The van der Waals surface area contributed by atoms with Crippen LogP contribution in [0.1, 0.15) is 43.5 Å². The Hall–Kier alpha value is -2.36. The van der Waals surface area contributed by atoms with Crippen LogP contribution in [0.5, 0.6) is 0 Å². The van der Waals surface area contributed by atoms with E-state index in [1.165, 1.54) is 0 Å². The molecule has 0 unspecified atom stereocenters. The summed E-state index contributed by atoms with van der Waals surface area (Å²) in [7, 11) is 0. The van der Waals surface area contributed by atoms with Gasteiger partial charge < -0.3 is 14.4 Å². The number of aromatic nitrogens is 2. The highest BCUT2D eigenvalue weighted by molar-refractivity contribution is 5.88. The molecular formula is C17H21N5O2. The average molecular weight is 327 g/mol. The number of likely N-dealkylation sites (tertiary alicyclic amines) is 1. The van der Waals surface area contributed by atoms with E-state index in [1.807, 2.05) is 16.1 Å². The second-order valence-corrected chi connectivity index (χ2v) is 7.02. The zero-order valence-electron chi connectivity index (χ0n) is 13.7. The number of nitriles is 1. The number of hydrogen-bond acceptors (Lipinski definition) is 4. The van der Waals surface area contributed by atoms with E-state index in [0.29, 0.717) is 38.9 Å². The molecule has 0 aromatic carbocycles. The van der Waals surface area contributed by atoms with Gasteiger partial charge in [0.2, 0.25) is 11.8 Å². The molecule has 24 heavy (non-hydrogen) atoms. The van der Waals surface area contributed by atoms with E-state index in [9.17, 15) is 14.9 Å². The van der Waals surface area contributed by atoms with Crippen molar-refractivity contribution in [2.75, 3.05) is 13.1 Å². The molecule has 1 saturated carbocycles. The van der Waals surface area contributed by atoms with Gasteiger partial charge in [-0.05, 0) is 25.7 Å². The molecule has 0 spiro atoms. The highest BCUT2D eigenvalue weighted by Gasteiger charge is 2.52. The largest absolute Gasteiger partial charge is 0.337 e. The third-order valence-electron chi connectivity index (χ3n) is 5.37. The predicted molar refractivity (Wildman–Crippen MR) is 84.2 cm³/mol. The normalized spacial score (nSPS) is 22.0. The van der Waals surface area contributed by atoms with Gasteiger partial charge in [-0.15, -0.1) is 0 Å². The molecule has 2 amide bonds. The Morgan fingerprint density at radius 1 is 1.29 bits per heavy atom. The average Bonchev–Trinajstić information content (AvgIpc) is 3.24. The number of carbonyl (C=O) groups is 2. The van der Waals surface area contributed by atoms with Gasteiger partial charge in [-0.2, -0.15) is 5.26 Å². The lowest BCUT2D eigenvalue weighted by Gasteiger charge is -2.23. The Kier molecular flexibility index (Phi) is 3.56. The summed E-state index contributed by atoms with van der Waals surface area (Å²) in [4.78, 5) is 32.7. The summed E-state index contributed by atoms with van der Waals surface area (Å²) >= 11 is 0. The molecule has 0 atom stereocenters.